The number of anilines is 3. The predicted molar refractivity (Wildman–Crippen MR) is 178 cm³/mol. The third kappa shape index (κ3) is 7.50. The van der Waals surface area contributed by atoms with Gasteiger partial charge in [0, 0.05) is 66.8 Å². The maximum absolute atomic E-state index is 13.5. The van der Waals surface area contributed by atoms with Crippen LogP contribution in [0, 0.1) is 0 Å². The SMILES string of the molecule is COc1ccc(Nc2cc(C(=O)NC3CC4CCC(C3)N4c3ccc(C(C)=O)cn3)ccc2C(N)=O)cc1OCCN1CCOCC1. The van der Waals surface area contributed by atoms with E-state index in [2.05, 4.69) is 25.4 Å². The van der Waals surface area contributed by atoms with Gasteiger partial charge in [0.15, 0.2) is 17.3 Å². The zero-order chi connectivity index (χ0) is 32.9. The molecule has 0 saturated carbocycles. The number of ether oxygens (including phenoxy) is 3. The van der Waals surface area contributed by atoms with Crippen LogP contribution in [0.1, 0.15) is 63.7 Å². The maximum atomic E-state index is 13.5. The van der Waals surface area contributed by atoms with E-state index in [1.807, 2.05) is 24.3 Å². The van der Waals surface area contributed by atoms with Crippen LogP contribution < -0.4 is 30.7 Å². The van der Waals surface area contributed by atoms with Crippen LogP contribution in [0.3, 0.4) is 0 Å². The van der Waals surface area contributed by atoms with E-state index in [1.54, 1.807) is 37.6 Å². The van der Waals surface area contributed by atoms with E-state index in [0.29, 0.717) is 40.6 Å². The number of amides is 2. The Hall–Kier alpha value is -4.68. The minimum atomic E-state index is -0.608. The molecular formula is C35H42N6O6. The van der Waals surface area contributed by atoms with Gasteiger partial charge in [0.25, 0.3) is 11.8 Å². The van der Waals surface area contributed by atoms with E-state index in [1.165, 1.54) is 6.92 Å². The van der Waals surface area contributed by atoms with Gasteiger partial charge >= 0.3 is 0 Å². The second-order valence-electron chi connectivity index (χ2n) is 12.3. The summed E-state index contributed by atoms with van der Waals surface area (Å²) in [5.74, 6) is 1.19. The van der Waals surface area contributed by atoms with Crippen LogP contribution in [0.2, 0.25) is 0 Å². The molecule has 0 spiro atoms. The number of benzene rings is 2. The Morgan fingerprint density at radius 2 is 1.72 bits per heavy atom. The lowest BCUT2D eigenvalue weighted by atomic mass is 9.96. The monoisotopic (exact) mass is 642 g/mol. The van der Waals surface area contributed by atoms with Gasteiger partial charge in [0.2, 0.25) is 0 Å². The van der Waals surface area contributed by atoms with Crippen molar-refractivity contribution in [3.63, 3.8) is 0 Å². The molecule has 6 rings (SSSR count). The van der Waals surface area contributed by atoms with Crippen LogP contribution in [0.4, 0.5) is 17.2 Å². The normalized spacial score (nSPS) is 20.8. The number of piperidine rings is 1. The van der Waals surface area contributed by atoms with Crippen molar-refractivity contribution in [3.8, 4) is 11.5 Å². The van der Waals surface area contributed by atoms with E-state index >= 15 is 0 Å². The number of nitrogens with zero attached hydrogens (tertiary/aromatic N) is 3. The van der Waals surface area contributed by atoms with Crippen LogP contribution in [0.5, 0.6) is 11.5 Å². The number of hydrogen-bond donors (Lipinski definition) is 3. The van der Waals surface area contributed by atoms with E-state index in [4.69, 9.17) is 19.9 Å². The third-order valence-corrected chi connectivity index (χ3v) is 9.25. The lowest BCUT2D eigenvalue weighted by Gasteiger charge is -2.40. The first-order valence-corrected chi connectivity index (χ1v) is 16.2. The van der Waals surface area contributed by atoms with E-state index < -0.39 is 5.91 Å². The fourth-order valence-electron chi connectivity index (χ4n) is 6.82. The molecule has 12 nitrogen and oxygen atoms in total. The molecule has 0 radical (unpaired) electrons. The van der Waals surface area contributed by atoms with Crippen molar-refractivity contribution in [1.29, 1.82) is 0 Å². The largest absolute Gasteiger partial charge is 0.493 e. The highest BCUT2D eigenvalue weighted by Gasteiger charge is 2.41. The summed E-state index contributed by atoms with van der Waals surface area (Å²) in [4.78, 5) is 46.7. The summed E-state index contributed by atoms with van der Waals surface area (Å²) >= 11 is 0. The Labute approximate surface area is 274 Å². The van der Waals surface area contributed by atoms with Gasteiger partial charge in [-0.05, 0) is 75.1 Å². The Morgan fingerprint density at radius 3 is 2.38 bits per heavy atom. The second kappa shape index (κ2) is 14.4. The lowest BCUT2D eigenvalue weighted by Crippen LogP contribution is -2.50. The Balaban J connectivity index is 1.12. The van der Waals surface area contributed by atoms with Gasteiger partial charge < -0.3 is 35.5 Å². The van der Waals surface area contributed by atoms with Crippen LogP contribution in [0.15, 0.2) is 54.7 Å². The van der Waals surface area contributed by atoms with Crippen molar-refractivity contribution in [2.24, 2.45) is 5.73 Å². The van der Waals surface area contributed by atoms with E-state index in [0.717, 1.165) is 64.3 Å². The van der Waals surface area contributed by atoms with Crippen molar-refractivity contribution in [2.45, 2.75) is 50.7 Å². The highest BCUT2D eigenvalue weighted by molar-refractivity contribution is 6.02. The quantitative estimate of drug-likeness (QED) is 0.249. The first-order valence-electron chi connectivity index (χ1n) is 16.2. The van der Waals surface area contributed by atoms with Gasteiger partial charge in [0.05, 0.1) is 31.6 Å². The molecule has 3 saturated heterocycles. The number of nitrogens with one attached hydrogen (secondary N) is 2. The van der Waals surface area contributed by atoms with Crippen molar-refractivity contribution < 1.29 is 28.6 Å². The van der Waals surface area contributed by atoms with Gasteiger partial charge in [-0.25, -0.2) is 4.98 Å². The van der Waals surface area contributed by atoms with Crippen LogP contribution in [-0.2, 0) is 4.74 Å². The number of Topliss-reactive ketones (excluding diaryl/α,β-unsaturated/α-hetero) is 1. The average molecular weight is 643 g/mol. The molecule has 12 heteroatoms. The molecule has 3 aliphatic rings. The van der Waals surface area contributed by atoms with Gasteiger partial charge in [-0.2, -0.15) is 0 Å². The summed E-state index contributed by atoms with van der Waals surface area (Å²) in [6, 6.07) is 14.5. The number of carbonyl (C=O) groups excluding carboxylic acids is 3. The topological polar surface area (TPSA) is 148 Å². The average Bonchev–Trinajstić information content (AvgIpc) is 3.34. The smallest absolute Gasteiger partial charge is 0.251 e. The van der Waals surface area contributed by atoms with Gasteiger partial charge in [-0.1, -0.05) is 0 Å². The van der Waals surface area contributed by atoms with Crippen LogP contribution in [-0.4, -0.2) is 92.2 Å². The summed E-state index contributed by atoms with van der Waals surface area (Å²) < 4.78 is 17.0. The zero-order valence-electron chi connectivity index (χ0n) is 26.9. The van der Waals surface area contributed by atoms with Gasteiger partial charge in [-0.15, -0.1) is 0 Å². The number of hydrogen-bond acceptors (Lipinski definition) is 10. The number of morpholine rings is 1. The fraction of sp³-hybridized carbons (Fsp3) is 0.429. The molecule has 2 aromatic carbocycles. The number of aromatic nitrogens is 1. The van der Waals surface area contributed by atoms with Crippen molar-refractivity contribution in [3.05, 3.63) is 71.4 Å². The van der Waals surface area contributed by atoms with Gasteiger partial charge in [-0.3, -0.25) is 19.3 Å². The molecule has 248 valence electrons. The molecule has 47 heavy (non-hydrogen) atoms. The Morgan fingerprint density at radius 1 is 0.979 bits per heavy atom. The fourth-order valence-corrected chi connectivity index (χ4v) is 6.82. The molecule has 2 unspecified atom stereocenters. The standard InChI is InChI=1S/C35H42N6O6/c1-22(42)24-4-10-33(37-21-24)41-27-6-7-28(41)19-26(18-27)39-35(44)23-3-8-29(34(36)43)30(17-23)38-25-5-9-31(45-2)32(20-25)47-16-13-40-11-14-46-15-12-40/h3-5,8-10,17,20-21,26-28,38H,6-7,11-16,18-19H2,1-2H3,(H2,36,43)(H,39,44). The van der Waals surface area contributed by atoms with Crippen molar-refractivity contribution in [2.75, 3.05) is 56.8 Å². The number of carbonyl (C=O) groups is 3. The van der Waals surface area contributed by atoms with E-state index in [9.17, 15) is 14.4 Å². The lowest BCUT2D eigenvalue weighted by molar-refractivity contribution is 0.0321. The highest BCUT2D eigenvalue weighted by atomic mass is 16.5. The molecule has 3 aromatic rings. The number of pyridine rings is 1. The van der Waals surface area contributed by atoms with Crippen LogP contribution >= 0.6 is 0 Å². The van der Waals surface area contributed by atoms with E-state index in [-0.39, 0.29) is 35.4 Å². The predicted octanol–water partition coefficient (Wildman–Crippen LogP) is 3.78. The van der Waals surface area contributed by atoms with Gasteiger partial charge in [0.1, 0.15) is 12.4 Å². The number of fused-ring (bicyclic) bond motifs is 2. The summed E-state index contributed by atoms with van der Waals surface area (Å²) in [7, 11) is 1.59. The minimum Gasteiger partial charge on any atom is -0.493 e. The first-order chi connectivity index (χ1) is 22.8. The molecule has 0 aliphatic carbocycles. The van der Waals surface area contributed by atoms with Crippen molar-refractivity contribution >= 4 is 34.8 Å². The maximum Gasteiger partial charge on any atom is 0.251 e. The second-order valence-corrected chi connectivity index (χ2v) is 12.3. The van der Waals surface area contributed by atoms with Crippen molar-refractivity contribution in [1.82, 2.24) is 15.2 Å². The number of methoxy groups -OCH3 is 1. The summed E-state index contributed by atoms with van der Waals surface area (Å²) in [6.45, 7) is 5.96. The molecule has 1 aromatic heterocycles. The Kier molecular flexibility index (Phi) is 9.88. The number of ketones is 1. The molecular weight excluding hydrogens is 600 g/mol. The van der Waals surface area contributed by atoms with Crippen LogP contribution in [0.25, 0.3) is 0 Å². The molecule has 3 fully saturated rings. The number of nitrogens with two attached hydrogens (primary N) is 1. The summed E-state index contributed by atoms with van der Waals surface area (Å²) in [5, 5.41) is 6.49. The molecule has 2 bridgehead atoms. The highest BCUT2D eigenvalue weighted by Crippen LogP contribution is 2.39. The summed E-state index contributed by atoms with van der Waals surface area (Å²) in [6.07, 6.45) is 5.27. The molecule has 2 amide bonds. The summed E-state index contributed by atoms with van der Waals surface area (Å²) in [5.41, 5.74) is 8.07. The Bertz CT molecular complexity index is 1590. The number of primary amides is 1. The first kappa shape index (κ1) is 32.3. The minimum absolute atomic E-state index is 0.00118. The number of rotatable bonds is 12. The molecule has 2 atom stereocenters. The molecule has 4 N–H and O–H groups in total. The molecule has 4 heterocycles. The molecule has 3 aliphatic heterocycles. The third-order valence-electron chi connectivity index (χ3n) is 9.25. The zero-order valence-corrected chi connectivity index (χ0v) is 26.9.